The van der Waals surface area contributed by atoms with Crippen LogP contribution in [-0.4, -0.2) is 64.6 Å². The molecule has 0 aromatic heterocycles. The van der Waals surface area contributed by atoms with Crippen molar-refractivity contribution in [3.05, 3.63) is 65.7 Å². The molecular formula is C34H38N2O5. The minimum atomic E-state index is -0.466. The monoisotopic (exact) mass is 554 g/mol. The van der Waals surface area contributed by atoms with E-state index in [1.807, 2.05) is 41.3 Å². The first kappa shape index (κ1) is 27.4. The predicted molar refractivity (Wildman–Crippen MR) is 156 cm³/mol. The summed E-state index contributed by atoms with van der Waals surface area (Å²) in [4.78, 5) is 30.3. The van der Waals surface area contributed by atoms with Gasteiger partial charge >= 0.3 is 5.97 Å². The summed E-state index contributed by atoms with van der Waals surface area (Å²) in [5, 5.41) is 11.2. The number of carbonyl (C=O) groups excluding carboxylic acids is 2. The van der Waals surface area contributed by atoms with Gasteiger partial charge in [-0.3, -0.25) is 14.5 Å². The van der Waals surface area contributed by atoms with Crippen LogP contribution >= 0.6 is 0 Å². The van der Waals surface area contributed by atoms with Gasteiger partial charge < -0.3 is 19.5 Å². The highest BCUT2D eigenvalue weighted by atomic mass is 16.6. The molecule has 1 amide bonds. The molecule has 214 valence electrons. The maximum atomic E-state index is 13.8. The minimum Gasteiger partial charge on any atom is -0.508 e. The topological polar surface area (TPSA) is 79.3 Å². The molecule has 2 bridgehead atoms. The van der Waals surface area contributed by atoms with Crippen LogP contribution in [0, 0.1) is 23.7 Å². The molecule has 2 aliphatic heterocycles. The number of hydrogen-bond donors (Lipinski definition) is 1. The summed E-state index contributed by atoms with van der Waals surface area (Å²) in [6, 6.07) is 11.1. The number of nitrogens with zero attached hydrogens (tertiary/aromatic N) is 2. The number of phenols is 1. The number of benzene rings is 2. The lowest BCUT2D eigenvalue weighted by Gasteiger charge is -2.60. The SMILES string of the molecule is C=CCN1CC[C@]23c4c5c(O)cc(OC(C)=O)c4O[C@H]2[C@@H](N(CC(C)C)C(=O)C#Cc2ccccc2)CC[C@H]3[C@H]1C5. The van der Waals surface area contributed by atoms with E-state index >= 15 is 0 Å². The molecule has 6 rings (SSSR count). The van der Waals surface area contributed by atoms with E-state index in [4.69, 9.17) is 9.47 Å². The summed E-state index contributed by atoms with van der Waals surface area (Å²) < 4.78 is 12.5. The van der Waals surface area contributed by atoms with Crippen molar-refractivity contribution >= 4 is 11.9 Å². The van der Waals surface area contributed by atoms with Crippen molar-refractivity contribution in [1.82, 2.24) is 9.80 Å². The molecule has 0 unspecified atom stereocenters. The van der Waals surface area contributed by atoms with Gasteiger partial charge in [0.05, 0.1) is 6.04 Å². The largest absolute Gasteiger partial charge is 0.508 e. The summed E-state index contributed by atoms with van der Waals surface area (Å²) in [6.45, 7) is 11.8. The van der Waals surface area contributed by atoms with Gasteiger partial charge in [0, 0.05) is 60.1 Å². The summed E-state index contributed by atoms with van der Waals surface area (Å²) in [7, 11) is 0. The lowest BCUT2D eigenvalue weighted by Crippen LogP contribution is -2.69. The minimum absolute atomic E-state index is 0.137. The first-order valence-corrected chi connectivity index (χ1v) is 14.7. The van der Waals surface area contributed by atoms with Gasteiger partial charge in [0.2, 0.25) is 0 Å². The fraction of sp³-hybridized carbons (Fsp3) is 0.471. The highest BCUT2D eigenvalue weighted by Gasteiger charge is 2.67. The number of carbonyl (C=O) groups is 2. The molecule has 2 aromatic rings. The molecule has 5 atom stereocenters. The second-order valence-corrected chi connectivity index (χ2v) is 12.3. The highest BCUT2D eigenvalue weighted by Crippen LogP contribution is 2.65. The van der Waals surface area contributed by atoms with Crippen molar-refractivity contribution in [1.29, 1.82) is 0 Å². The van der Waals surface area contributed by atoms with Crippen molar-refractivity contribution in [3.8, 4) is 29.1 Å². The average molecular weight is 555 g/mol. The van der Waals surface area contributed by atoms with E-state index in [1.54, 1.807) is 0 Å². The number of rotatable bonds is 6. The molecule has 2 heterocycles. The van der Waals surface area contributed by atoms with Crippen LogP contribution in [0.2, 0.25) is 0 Å². The summed E-state index contributed by atoms with van der Waals surface area (Å²) in [5.74, 6) is 6.76. The smallest absolute Gasteiger partial charge is 0.308 e. The maximum absolute atomic E-state index is 13.8. The number of likely N-dealkylation sites (tertiary alicyclic amines) is 1. The van der Waals surface area contributed by atoms with Gasteiger partial charge in [-0.05, 0) is 56.2 Å². The average Bonchev–Trinajstić information content (AvgIpc) is 3.28. The van der Waals surface area contributed by atoms with Crippen LogP contribution in [0.1, 0.15) is 56.7 Å². The van der Waals surface area contributed by atoms with Crippen molar-refractivity contribution in [2.24, 2.45) is 11.8 Å². The number of esters is 1. The molecule has 7 nitrogen and oxygen atoms in total. The Bertz CT molecular complexity index is 1440. The fourth-order valence-electron chi connectivity index (χ4n) is 8.07. The Morgan fingerprint density at radius 1 is 1.29 bits per heavy atom. The number of aromatic hydroxyl groups is 1. The molecule has 4 aliphatic rings. The van der Waals surface area contributed by atoms with E-state index < -0.39 is 11.4 Å². The van der Waals surface area contributed by atoms with E-state index in [-0.39, 0.29) is 47.4 Å². The van der Waals surface area contributed by atoms with Crippen molar-refractivity contribution < 1.29 is 24.2 Å². The quantitative estimate of drug-likeness (QED) is 0.246. The third-order valence-electron chi connectivity index (χ3n) is 9.42. The van der Waals surface area contributed by atoms with Crippen LogP contribution in [0.3, 0.4) is 0 Å². The Balaban J connectivity index is 1.46. The zero-order chi connectivity index (χ0) is 28.9. The van der Waals surface area contributed by atoms with Gasteiger partial charge in [0.1, 0.15) is 11.9 Å². The second-order valence-electron chi connectivity index (χ2n) is 12.3. The first-order chi connectivity index (χ1) is 19.7. The molecule has 1 N–H and O–H groups in total. The van der Waals surface area contributed by atoms with E-state index in [9.17, 15) is 14.7 Å². The zero-order valence-corrected chi connectivity index (χ0v) is 24.1. The molecule has 2 aliphatic carbocycles. The Labute approximate surface area is 242 Å². The Morgan fingerprint density at radius 3 is 2.78 bits per heavy atom. The molecule has 0 radical (unpaired) electrons. The molecule has 1 spiro atoms. The van der Waals surface area contributed by atoms with Gasteiger partial charge in [-0.1, -0.05) is 44.0 Å². The standard InChI is InChI=1S/C34H38N2O5/c1-5-16-35-17-15-34-25-12-13-26(36(20-21(2)3)30(39)14-11-23-9-7-6-8-10-23)33(34)41-32-29(40-22(4)37)19-28(38)24(31(32)34)18-27(25)35/h5-10,19,21,25-27,33,38H,1,12-13,15-18,20H2,2-4H3/t25-,26-,27+,33-,34-/m0/s1. The first-order valence-electron chi connectivity index (χ1n) is 14.7. The number of phenolic OH excluding ortho intramolecular Hbond substituents is 1. The molecule has 2 aromatic carbocycles. The Kier molecular flexibility index (Phi) is 7.07. The Hall–Kier alpha value is -3.76. The third kappa shape index (κ3) is 4.49. The van der Waals surface area contributed by atoms with Gasteiger partial charge in [0.15, 0.2) is 11.5 Å². The zero-order valence-electron chi connectivity index (χ0n) is 24.1. The normalized spacial score (nSPS) is 27.2. The Morgan fingerprint density at radius 2 is 2.07 bits per heavy atom. The van der Waals surface area contributed by atoms with Crippen LogP contribution < -0.4 is 9.47 Å². The van der Waals surface area contributed by atoms with Gasteiger partial charge in [-0.2, -0.15) is 0 Å². The summed E-state index contributed by atoms with van der Waals surface area (Å²) in [6.07, 6.45) is 4.86. The molecular weight excluding hydrogens is 516 g/mol. The van der Waals surface area contributed by atoms with Gasteiger partial charge in [-0.15, -0.1) is 6.58 Å². The van der Waals surface area contributed by atoms with E-state index in [0.717, 1.165) is 49.0 Å². The van der Waals surface area contributed by atoms with Gasteiger partial charge in [0.25, 0.3) is 5.91 Å². The van der Waals surface area contributed by atoms with E-state index in [1.165, 1.54) is 13.0 Å². The van der Waals surface area contributed by atoms with Crippen molar-refractivity contribution in [2.75, 3.05) is 19.6 Å². The number of amides is 1. The second kappa shape index (κ2) is 10.6. The summed E-state index contributed by atoms with van der Waals surface area (Å²) in [5.41, 5.74) is 2.26. The number of ether oxygens (including phenoxy) is 2. The molecule has 7 heteroatoms. The van der Waals surface area contributed by atoms with Crippen LogP contribution in [-0.2, 0) is 21.4 Å². The third-order valence-corrected chi connectivity index (χ3v) is 9.42. The number of piperidine rings is 1. The van der Waals surface area contributed by atoms with Crippen molar-refractivity contribution in [2.45, 2.75) is 70.1 Å². The molecule has 1 saturated carbocycles. The fourth-order valence-corrected chi connectivity index (χ4v) is 8.07. The predicted octanol–water partition coefficient (Wildman–Crippen LogP) is 4.45. The maximum Gasteiger partial charge on any atom is 0.308 e. The lowest BCUT2D eigenvalue weighted by atomic mass is 9.50. The summed E-state index contributed by atoms with van der Waals surface area (Å²) >= 11 is 0. The van der Waals surface area contributed by atoms with Crippen LogP contribution in [0.4, 0.5) is 0 Å². The highest BCUT2D eigenvalue weighted by molar-refractivity contribution is 5.94. The molecule has 2 fully saturated rings. The van der Waals surface area contributed by atoms with Gasteiger partial charge in [-0.25, -0.2) is 0 Å². The molecule has 1 saturated heterocycles. The van der Waals surface area contributed by atoms with E-state index in [2.05, 4.69) is 37.2 Å². The van der Waals surface area contributed by atoms with Crippen LogP contribution in [0.5, 0.6) is 17.2 Å². The molecule has 41 heavy (non-hydrogen) atoms. The van der Waals surface area contributed by atoms with Crippen LogP contribution in [0.25, 0.3) is 0 Å². The van der Waals surface area contributed by atoms with Crippen LogP contribution in [0.15, 0.2) is 49.1 Å². The van der Waals surface area contributed by atoms with E-state index in [0.29, 0.717) is 18.7 Å². The lowest BCUT2D eigenvalue weighted by molar-refractivity contribution is -0.137. The van der Waals surface area contributed by atoms with Crippen molar-refractivity contribution in [3.63, 3.8) is 0 Å². The number of hydrogen-bond acceptors (Lipinski definition) is 6.